The number of fused-ring (bicyclic) bond motifs is 1. The van der Waals surface area contributed by atoms with Crippen molar-refractivity contribution < 1.29 is 4.42 Å². The number of nitrogens with two attached hydrogens (primary N) is 1. The number of rotatable bonds is 3. The molecule has 17 heavy (non-hydrogen) atoms. The first-order valence-electron chi connectivity index (χ1n) is 6.19. The molecule has 2 nitrogen and oxygen atoms in total. The maximum Gasteiger partial charge on any atom is 0.105 e. The van der Waals surface area contributed by atoms with E-state index in [4.69, 9.17) is 10.2 Å². The maximum absolute atomic E-state index is 6.36. The van der Waals surface area contributed by atoms with Crippen molar-refractivity contribution in [1.29, 1.82) is 0 Å². The molecule has 0 spiro atoms. The highest BCUT2D eigenvalue weighted by atomic mass is 32.1. The van der Waals surface area contributed by atoms with Crippen LogP contribution in [-0.4, -0.2) is 6.04 Å². The molecule has 0 radical (unpaired) electrons. The molecule has 0 bridgehead atoms. The van der Waals surface area contributed by atoms with Crippen molar-refractivity contribution in [3.05, 3.63) is 46.0 Å². The van der Waals surface area contributed by atoms with Crippen molar-refractivity contribution in [3.63, 3.8) is 0 Å². The molecule has 1 aliphatic carbocycles. The van der Waals surface area contributed by atoms with Crippen LogP contribution in [0.4, 0.5) is 0 Å². The van der Waals surface area contributed by atoms with E-state index in [1.54, 1.807) is 6.26 Å². The lowest BCUT2D eigenvalue weighted by Crippen LogP contribution is -2.32. The third kappa shape index (κ3) is 2.17. The smallest absolute Gasteiger partial charge is 0.105 e. The zero-order valence-corrected chi connectivity index (χ0v) is 10.6. The van der Waals surface area contributed by atoms with Gasteiger partial charge in [0.2, 0.25) is 0 Å². The Morgan fingerprint density at radius 3 is 3.24 bits per heavy atom. The van der Waals surface area contributed by atoms with Crippen LogP contribution in [0.2, 0.25) is 0 Å². The second-order valence-corrected chi connectivity index (χ2v) is 5.75. The highest BCUT2D eigenvalue weighted by Crippen LogP contribution is 2.37. The Kier molecular flexibility index (Phi) is 3.04. The van der Waals surface area contributed by atoms with Crippen LogP contribution in [0.15, 0.2) is 34.3 Å². The van der Waals surface area contributed by atoms with Gasteiger partial charge < -0.3 is 10.2 Å². The minimum absolute atomic E-state index is 0.176. The quantitative estimate of drug-likeness (QED) is 0.903. The van der Waals surface area contributed by atoms with E-state index < -0.39 is 0 Å². The summed E-state index contributed by atoms with van der Waals surface area (Å²) in [7, 11) is 0. The first-order valence-corrected chi connectivity index (χ1v) is 7.07. The normalized spacial score (nSPS) is 21.1. The molecule has 2 heterocycles. The van der Waals surface area contributed by atoms with Gasteiger partial charge in [0.05, 0.1) is 6.26 Å². The minimum atomic E-state index is 0.176. The zero-order valence-electron chi connectivity index (χ0n) is 9.76. The molecule has 3 heteroatoms. The van der Waals surface area contributed by atoms with Gasteiger partial charge in [-0.2, -0.15) is 0 Å². The number of hydrogen-bond donors (Lipinski definition) is 1. The van der Waals surface area contributed by atoms with Gasteiger partial charge in [-0.05, 0) is 48.4 Å². The van der Waals surface area contributed by atoms with Crippen molar-refractivity contribution in [3.8, 4) is 0 Å². The van der Waals surface area contributed by atoms with Crippen LogP contribution in [0, 0.1) is 0 Å². The molecule has 2 aromatic rings. The molecule has 0 aliphatic heterocycles. The fourth-order valence-electron chi connectivity index (χ4n) is 2.77. The van der Waals surface area contributed by atoms with Crippen molar-refractivity contribution in [1.82, 2.24) is 0 Å². The molecule has 90 valence electrons. The van der Waals surface area contributed by atoms with Gasteiger partial charge in [0.1, 0.15) is 5.76 Å². The summed E-state index contributed by atoms with van der Waals surface area (Å²) in [6.45, 7) is 0. The molecular formula is C14H17NOS. The van der Waals surface area contributed by atoms with Gasteiger partial charge in [0.15, 0.2) is 0 Å². The molecule has 2 atom stereocenters. The van der Waals surface area contributed by atoms with Crippen LogP contribution in [-0.2, 0) is 12.8 Å². The first-order chi connectivity index (χ1) is 8.34. The Morgan fingerprint density at radius 2 is 2.41 bits per heavy atom. The van der Waals surface area contributed by atoms with Crippen LogP contribution >= 0.6 is 11.3 Å². The largest absolute Gasteiger partial charge is 0.469 e. The molecule has 2 N–H and O–H groups in total. The average molecular weight is 247 g/mol. The SMILES string of the molecule is NC(Cc1ccco1)C1CCCc2sccc21. The number of thiophene rings is 1. The van der Waals surface area contributed by atoms with Crippen molar-refractivity contribution in [2.75, 3.05) is 0 Å². The standard InChI is InChI=1S/C14H17NOS/c15-13(9-10-3-2-7-16-10)11-4-1-5-14-12(11)6-8-17-14/h2-3,6-8,11,13H,1,4-5,9,15H2. The summed E-state index contributed by atoms with van der Waals surface area (Å²) in [6.07, 6.45) is 6.28. The molecule has 2 aromatic heterocycles. The van der Waals surface area contributed by atoms with E-state index in [2.05, 4.69) is 11.4 Å². The second kappa shape index (κ2) is 4.67. The fourth-order valence-corrected chi connectivity index (χ4v) is 3.77. The lowest BCUT2D eigenvalue weighted by molar-refractivity contribution is 0.422. The van der Waals surface area contributed by atoms with Crippen molar-refractivity contribution >= 4 is 11.3 Å². The Bertz CT molecular complexity index is 474. The second-order valence-electron chi connectivity index (χ2n) is 4.75. The van der Waals surface area contributed by atoms with E-state index in [0.29, 0.717) is 5.92 Å². The van der Waals surface area contributed by atoms with E-state index in [9.17, 15) is 0 Å². The molecule has 0 aromatic carbocycles. The topological polar surface area (TPSA) is 39.2 Å². The first kappa shape index (κ1) is 11.1. The molecule has 0 amide bonds. The molecular weight excluding hydrogens is 230 g/mol. The van der Waals surface area contributed by atoms with Gasteiger partial charge in [-0.3, -0.25) is 0 Å². The minimum Gasteiger partial charge on any atom is -0.469 e. The van der Waals surface area contributed by atoms with Crippen molar-refractivity contribution in [2.24, 2.45) is 5.73 Å². The van der Waals surface area contributed by atoms with Gasteiger partial charge in [0, 0.05) is 23.3 Å². The molecule has 2 unspecified atom stereocenters. The van der Waals surface area contributed by atoms with Crippen LogP contribution in [0.3, 0.4) is 0 Å². The van der Waals surface area contributed by atoms with Crippen LogP contribution in [0.1, 0.15) is 35.0 Å². The highest BCUT2D eigenvalue weighted by molar-refractivity contribution is 7.10. The number of aryl methyl sites for hydroxylation is 1. The Morgan fingerprint density at radius 1 is 1.47 bits per heavy atom. The summed E-state index contributed by atoms with van der Waals surface area (Å²) < 4.78 is 5.39. The van der Waals surface area contributed by atoms with Gasteiger partial charge >= 0.3 is 0 Å². The van der Waals surface area contributed by atoms with Crippen LogP contribution in [0.5, 0.6) is 0 Å². The van der Waals surface area contributed by atoms with Gasteiger partial charge in [-0.1, -0.05) is 0 Å². The molecule has 3 rings (SSSR count). The van der Waals surface area contributed by atoms with Gasteiger partial charge in [-0.25, -0.2) is 0 Å². The molecule has 1 aliphatic rings. The van der Waals surface area contributed by atoms with Crippen LogP contribution in [0.25, 0.3) is 0 Å². The highest BCUT2D eigenvalue weighted by Gasteiger charge is 2.26. The predicted molar refractivity (Wildman–Crippen MR) is 70.4 cm³/mol. The van der Waals surface area contributed by atoms with E-state index in [0.717, 1.165) is 12.2 Å². The van der Waals surface area contributed by atoms with E-state index in [1.165, 1.54) is 29.7 Å². The molecule has 0 saturated heterocycles. The van der Waals surface area contributed by atoms with E-state index >= 15 is 0 Å². The van der Waals surface area contributed by atoms with Crippen LogP contribution < -0.4 is 5.73 Å². The summed E-state index contributed by atoms with van der Waals surface area (Å²) in [5.41, 5.74) is 7.84. The Balaban J connectivity index is 1.77. The van der Waals surface area contributed by atoms with E-state index in [-0.39, 0.29) is 6.04 Å². The number of furan rings is 1. The number of hydrogen-bond acceptors (Lipinski definition) is 3. The predicted octanol–water partition coefficient (Wildman–Crippen LogP) is 3.33. The molecule has 0 saturated carbocycles. The summed E-state index contributed by atoms with van der Waals surface area (Å²) in [5, 5.41) is 2.20. The van der Waals surface area contributed by atoms with Gasteiger partial charge in [0.25, 0.3) is 0 Å². The average Bonchev–Trinajstić information content (AvgIpc) is 2.97. The van der Waals surface area contributed by atoms with E-state index in [1.807, 2.05) is 23.5 Å². The third-order valence-corrected chi connectivity index (χ3v) is 4.63. The zero-order chi connectivity index (χ0) is 11.7. The van der Waals surface area contributed by atoms with Crippen molar-refractivity contribution in [2.45, 2.75) is 37.6 Å². The summed E-state index contributed by atoms with van der Waals surface area (Å²) in [6, 6.07) is 6.37. The Labute approximate surface area is 105 Å². The van der Waals surface area contributed by atoms with Gasteiger partial charge in [-0.15, -0.1) is 11.3 Å². The summed E-state index contributed by atoms with van der Waals surface area (Å²) in [5.74, 6) is 1.51. The summed E-state index contributed by atoms with van der Waals surface area (Å²) in [4.78, 5) is 1.54. The third-order valence-electron chi connectivity index (χ3n) is 3.63. The fraction of sp³-hybridized carbons (Fsp3) is 0.429. The molecule has 0 fully saturated rings. The monoisotopic (exact) mass is 247 g/mol. The Hall–Kier alpha value is -1.06. The maximum atomic E-state index is 6.36. The lowest BCUT2D eigenvalue weighted by Gasteiger charge is -2.27. The summed E-state index contributed by atoms with van der Waals surface area (Å²) >= 11 is 1.88. The lowest BCUT2D eigenvalue weighted by atomic mass is 9.81.